The molecule has 2 atom stereocenters. The Bertz CT molecular complexity index is 1120. The van der Waals surface area contributed by atoms with E-state index in [1.54, 1.807) is 0 Å². The minimum atomic E-state index is -0.674. The molecule has 0 heterocycles. The number of nitrogens with one attached hydrogen (secondary N) is 1. The first-order valence-corrected chi connectivity index (χ1v) is 30.7. The normalized spacial score (nSPS) is 12.8. The number of carbonyl (C=O) groups is 2. The average Bonchev–Trinajstić information content (AvgIpc) is 3.35. The summed E-state index contributed by atoms with van der Waals surface area (Å²) in [5.74, 6) is -0.0587. The Morgan fingerprint density at radius 2 is 0.739 bits per heavy atom. The van der Waals surface area contributed by atoms with E-state index in [9.17, 15) is 19.8 Å². The molecule has 6 heteroatoms. The molecular weight excluding hydrogens is 851 g/mol. The van der Waals surface area contributed by atoms with E-state index in [0.29, 0.717) is 25.9 Å². The van der Waals surface area contributed by atoms with Gasteiger partial charge in [0.1, 0.15) is 0 Å². The van der Waals surface area contributed by atoms with E-state index in [4.69, 9.17) is 4.74 Å². The summed E-state index contributed by atoms with van der Waals surface area (Å²) >= 11 is 0. The van der Waals surface area contributed by atoms with Crippen LogP contribution in [0.2, 0.25) is 0 Å². The van der Waals surface area contributed by atoms with Crippen LogP contribution in [0.4, 0.5) is 0 Å². The van der Waals surface area contributed by atoms with Gasteiger partial charge in [-0.1, -0.05) is 275 Å². The van der Waals surface area contributed by atoms with Gasteiger partial charge in [0.05, 0.1) is 25.4 Å². The molecule has 0 radical (unpaired) electrons. The zero-order valence-corrected chi connectivity index (χ0v) is 46.3. The van der Waals surface area contributed by atoms with Gasteiger partial charge in [0, 0.05) is 12.8 Å². The van der Waals surface area contributed by atoms with Gasteiger partial charge in [0.15, 0.2) is 0 Å². The van der Waals surface area contributed by atoms with Gasteiger partial charge in [-0.3, -0.25) is 9.59 Å². The fourth-order valence-electron chi connectivity index (χ4n) is 9.42. The summed E-state index contributed by atoms with van der Waals surface area (Å²) in [5.41, 5.74) is 0. The highest BCUT2D eigenvalue weighted by molar-refractivity contribution is 5.76. The van der Waals surface area contributed by atoms with Gasteiger partial charge in [0.25, 0.3) is 0 Å². The standard InChI is InChI=1S/C63H119NO5/c1-3-5-7-9-11-13-15-17-19-20-21-22-25-28-31-35-39-43-47-51-55-61(66)60(59-65)64-62(67)56-52-48-44-40-36-32-29-26-23-24-27-30-34-38-42-46-50-54-58-69-63(68)57-53-49-45-41-37-33-18-16-14-12-10-8-6-4-2/h10,12,16,18,26,29,60-61,65-66H,3-9,11,13-15,17,19-25,27-28,30-59H2,1-2H3,(H,64,67)/b12-10-,18-16-,29-26-. The lowest BCUT2D eigenvalue weighted by molar-refractivity contribution is -0.143. The molecule has 2 unspecified atom stereocenters. The van der Waals surface area contributed by atoms with Crippen molar-refractivity contribution >= 4 is 11.9 Å². The summed E-state index contributed by atoms with van der Waals surface area (Å²) in [5, 5.41) is 23.3. The highest BCUT2D eigenvalue weighted by Gasteiger charge is 2.20. The molecule has 0 aliphatic heterocycles. The Morgan fingerprint density at radius 1 is 0.406 bits per heavy atom. The van der Waals surface area contributed by atoms with E-state index in [0.717, 1.165) is 70.6 Å². The number of carbonyl (C=O) groups excluding carboxylic acids is 2. The molecular formula is C63H119NO5. The largest absolute Gasteiger partial charge is 0.466 e. The zero-order valence-electron chi connectivity index (χ0n) is 46.3. The Kier molecular flexibility index (Phi) is 57.0. The smallest absolute Gasteiger partial charge is 0.305 e. The van der Waals surface area contributed by atoms with Gasteiger partial charge in [-0.2, -0.15) is 0 Å². The van der Waals surface area contributed by atoms with Crippen molar-refractivity contribution in [2.45, 2.75) is 341 Å². The molecule has 69 heavy (non-hydrogen) atoms. The molecule has 0 aliphatic rings. The molecule has 0 aromatic heterocycles. The molecule has 0 spiro atoms. The first kappa shape index (κ1) is 67.1. The molecule has 0 aromatic carbocycles. The summed E-state index contributed by atoms with van der Waals surface area (Å²) in [6, 6.07) is -0.553. The molecule has 3 N–H and O–H groups in total. The van der Waals surface area contributed by atoms with Crippen molar-refractivity contribution in [1.82, 2.24) is 5.32 Å². The molecule has 406 valence electrons. The Balaban J connectivity index is 3.46. The number of ether oxygens (including phenoxy) is 1. The molecule has 0 saturated carbocycles. The number of rotatable bonds is 57. The number of aliphatic hydroxyl groups excluding tert-OH is 2. The second-order valence-corrected chi connectivity index (χ2v) is 21.0. The van der Waals surface area contributed by atoms with E-state index in [-0.39, 0.29) is 18.5 Å². The van der Waals surface area contributed by atoms with Crippen LogP contribution in [-0.2, 0) is 14.3 Å². The second-order valence-electron chi connectivity index (χ2n) is 21.0. The first-order chi connectivity index (χ1) is 34.0. The lowest BCUT2D eigenvalue weighted by atomic mass is 10.0. The van der Waals surface area contributed by atoms with Crippen molar-refractivity contribution in [2.75, 3.05) is 13.2 Å². The predicted molar refractivity (Wildman–Crippen MR) is 301 cm³/mol. The molecule has 0 fully saturated rings. The van der Waals surface area contributed by atoms with Crippen LogP contribution in [0.15, 0.2) is 36.5 Å². The summed E-state index contributed by atoms with van der Waals surface area (Å²) in [7, 11) is 0. The quantitative estimate of drug-likeness (QED) is 0.0321. The molecule has 0 bridgehead atoms. The van der Waals surface area contributed by atoms with Gasteiger partial charge in [0.2, 0.25) is 5.91 Å². The van der Waals surface area contributed by atoms with E-state index in [1.165, 1.54) is 225 Å². The van der Waals surface area contributed by atoms with Crippen LogP contribution >= 0.6 is 0 Å². The Hall–Kier alpha value is -1.92. The number of allylic oxidation sites excluding steroid dienone is 6. The number of hydrogen-bond donors (Lipinski definition) is 3. The highest BCUT2D eigenvalue weighted by atomic mass is 16.5. The summed E-state index contributed by atoms with van der Waals surface area (Å²) in [6.45, 7) is 4.91. The van der Waals surface area contributed by atoms with Gasteiger partial charge in [-0.25, -0.2) is 0 Å². The van der Waals surface area contributed by atoms with E-state index >= 15 is 0 Å². The van der Waals surface area contributed by atoms with Crippen LogP contribution in [0.3, 0.4) is 0 Å². The van der Waals surface area contributed by atoms with E-state index in [1.807, 2.05) is 0 Å². The van der Waals surface area contributed by atoms with Crippen molar-refractivity contribution in [3.05, 3.63) is 36.5 Å². The fraction of sp³-hybridized carbons (Fsp3) is 0.873. The number of hydrogen-bond acceptors (Lipinski definition) is 5. The van der Waals surface area contributed by atoms with Crippen LogP contribution in [-0.4, -0.2) is 47.4 Å². The third-order valence-corrected chi connectivity index (χ3v) is 14.2. The predicted octanol–water partition coefficient (Wildman–Crippen LogP) is 19.2. The van der Waals surface area contributed by atoms with Crippen molar-refractivity contribution in [2.24, 2.45) is 0 Å². The van der Waals surface area contributed by atoms with Gasteiger partial charge < -0.3 is 20.3 Å². The molecule has 0 saturated heterocycles. The number of amides is 1. The Morgan fingerprint density at radius 3 is 1.16 bits per heavy atom. The maximum absolute atomic E-state index is 12.5. The third kappa shape index (κ3) is 55.2. The maximum atomic E-state index is 12.5. The topological polar surface area (TPSA) is 95.9 Å². The highest BCUT2D eigenvalue weighted by Crippen LogP contribution is 2.17. The van der Waals surface area contributed by atoms with Crippen molar-refractivity contribution < 1.29 is 24.5 Å². The first-order valence-electron chi connectivity index (χ1n) is 30.7. The Labute approximate surface area is 430 Å². The second kappa shape index (κ2) is 58.6. The minimum absolute atomic E-state index is 0.0114. The lowest BCUT2D eigenvalue weighted by Crippen LogP contribution is -2.45. The average molecular weight is 971 g/mol. The monoisotopic (exact) mass is 970 g/mol. The van der Waals surface area contributed by atoms with Crippen LogP contribution < -0.4 is 5.32 Å². The van der Waals surface area contributed by atoms with E-state index < -0.39 is 12.1 Å². The van der Waals surface area contributed by atoms with Gasteiger partial charge in [-0.15, -0.1) is 0 Å². The SMILES string of the molecule is CCCC/C=C\C/C=C\CCCCCCCC(=O)OCCCCCCCCCCC/C=C\CCCCCCCC(=O)NC(CO)C(O)CCCCCCCCCCCCCCCCCCCCCC. The molecule has 0 rings (SSSR count). The van der Waals surface area contributed by atoms with Crippen LogP contribution in [0.1, 0.15) is 328 Å². The van der Waals surface area contributed by atoms with Crippen molar-refractivity contribution in [1.29, 1.82) is 0 Å². The van der Waals surface area contributed by atoms with Crippen molar-refractivity contribution in [3.8, 4) is 0 Å². The number of aliphatic hydroxyl groups is 2. The molecule has 6 nitrogen and oxygen atoms in total. The van der Waals surface area contributed by atoms with Crippen LogP contribution in [0, 0.1) is 0 Å². The zero-order chi connectivity index (χ0) is 50.0. The van der Waals surface area contributed by atoms with Crippen molar-refractivity contribution in [3.63, 3.8) is 0 Å². The maximum Gasteiger partial charge on any atom is 0.305 e. The van der Waals surface area contributed by atoms with Crippen LogP contribution in [0.5, 0.6) is 0 Å². The summed E-state index contributed by atoms with van der Waals surface area (Å²) in [6.07, 6.45) is 72.9. The number of esters is 1. The van der Waals surface area contributed by atoms with Crippen LogP contribution in [0.25, 0.3) is 0 Å². The molecule has 0 aliphatic carbocycles. The van der Waals surface area contributed by atoms with E-state index in [2.05, 4.69) is 55.6 Å². The molecule has 1 amide bonds. The lowest BCUT2D eigenvalue weighted by Gasteiger charge is -2.22. The number of unbranched alkanes of at least 4 members (excludes halogenated alkanes) is 40. The minimum Gasteiger partial charge on any atom is -0.466 e. The molecule has 0 aromatic rings. The summed E-state index contributed by atoms with van der Waals surface area (Å²) in [4.78, 5) is 24.5. The summed E-state index contributed by atoms with van der Waals surface area (Å²) < 4.78 is 5.46. The fourth-order valence-corrected chi connectivity index (χ4v) is 9.42. The van der Waals surface area contributed by atoms with Gasteiger partial charge in [-0.05, 0) is 77.0 Å². The third-order valence-electron chi connectivity index (χ3n) is 14.2. The van der Waals surface area contributed by atoms with Gasteiger partial charge >= 0.3 is 5.97 Å².